The van der Waals surface area contributed by atoms with Crippen LogP contribution in [0.1, 0.15) is 32.8 Å². The molecule has 1 atom stereocenters. The fraction of sp³-hybridized carbons (Fsp3) is 0.471. The van der Waals surface area contributed by atoms with Crippen molar-refractivity contribution in [2.45, 2.75) is 38.9 Å². The van der Waals surface area contributed by atoms with Crippen LogP contribution in [-0.4, -0.2) is 37.4 Å². The fourth-order valence-corrected chi connectivity index (χ4v) is 1.98. The molecule has 1 aromatic carbocycles. The van der Waals surface area contributed by atoms with Crippen LogP contribution in [0, 0.1) is 11.3 Å². The SMILES string of the molecule is COC(=O)[C@@H](CCNC(=O)OC(C)(C)C)Oc1cc(Cl)ccc1C#N. The third kappa shape index (κ3) is 7.31. The molecule has 0 bridgehead atoms. The minimum atomic E-state index is -1.01. The van der Waals surface area contributed by atoms with E-state index in [2.05, 4.69) is 5.32 Å². The van der Waals surface area contributed by atoms with Gasteiger partial charge in [-0.25, -0.2) is 9.59 Å². The fourth-order valence-electron chi connectivity index (χ4n) is 1.82. The Kier molecular flexibility index (Phi) is 7.52. The number of ether oxygens (including phenoxy) is 3. The summed E-state index contributed by atoms with van der Waals surface area (Å²) in [5, 5.41) is 12.0. The van der Waals surface area contributed by atoms with E-state index < -0.39 is 23.8 Å². The van der Waals surface area contributed by atoms with Gasteiger partial charge in [-0.2, -0.15) is 5.26 Å². The van der Waals surface area contributed by atoms with E-state index in [9.17, 15) is 9.59 Å². The zero-order valence-electron chi connectivity index (χ0n) is 14.6. The molecule has 0 aliphatic heterocycles. The Hall–Kier alpha value is -2.46. The molecule has 0 aliphatic carbocycles. The van der Waals surface area contributed by atoms with E-state index in [1.165, 1.54) is 19.2 Å². The van der Waals surface area contributed by atoms with Crippen LogP contribution >= 0.6 is 11.6 Å². The molecular formula is C17H21ClN2O5. The molecule has 1 rings (SSSR count). The highest BCUT2D eigenvalue weighted by atomic mass is 35.5. The Morgan fingerprint density at radius 3 is 2.60 bits per heavy atom. The molecular weight excluding hydrogens is 348 g/mol. The van der Waals surface area contributed by atoms with Gasteiger partial charge in [-0.1, -0.05) is 11.6 Å². The molecule has 136 valence electrons. The lowest BCUT2D eigenvalue weighted by molar-refractivity contribution is -0.149. The van der Waals surface area contributed by atoms with Crippen LogP contribution in [0.25, 0.3) is 0 Å². The van der Waals surface area contributed by atoms with Gasteiger partial charge in [0.1, 0.15) is 17.4 Å². The molecule has 25 heavy (non-hydrogen) atoms. The number of esters is 1. The first-order valence-electron chi connectivity index (χ1n) is 7.57. The lowest BCUT2D eigenvalue weighted by atomic mass is 10.2. The number of nitrogens with zero attached hydrogens (tertiary/aromatic N) is 1. The quantitative estimate of drug-likeness (QED) is 0.775. The van der Waals surface area contributed by atoms with Gasteiger partial charge in [0, 0.05) is 24.1 Å². The number of methoxy groups -OCH3 is 1. The minimum Gasteiger partial charge on any atom is -0.477 e. The van der Waals surface area contributed by atoms with Crippen LogP contribution in [0.2, 0.25) is 5.02 Å². The van der Waals surface area contributed by atoms with E-state index in [0.717, 1.165) is 0 Å². The monoisotopic (exact) mass is 368 g/mol. The van der Waals surface area contributed by atoms with Crippen molar-refractivity contribution in [1.82, 2.24) is 5.32 Å². The van der Waals surface area contributed by atoms with Crippen LogP contribution in [0.15, 0.2) is 18.2 Å². The third-order valence-corrected chi connectivity index (χ3v) is 3.11. The molecule has 0 spiro atoms. The summed E-state index contributed by atoms with van der Waals surface area (Å²) >= 11 is 5.90. The van der Waals surface area contributed by atoms with Crippen LogP contribution < -0.4 is 10.1 Å². The summed E-state index contributed by atoms with van der Waals surface area (Å²) in [5.41, 5.74) is -0.386. The molecule has 8 heteroatoms. The Bertz CT molecular complexity index is 664. The van der Waals surface area contributed by atoms with Crippen molar-refractivity contribution in [1.29, 1.82) is 5.26 Å². The van der Waals surface area contributed by atoms with Crippen molar-refractivity contribution >= 4 is 23.7 Å². The van der Waals surface area contributed by atoms with Gasteiger partial charge in [-0.15, -0.1) is 0 Å². The van der Waals surface area contributed by atoms with Crippen LogP contribution in [-0.2, 0) is 14.3 Å². The van der Waals surface area contributed by atoms with Gasteiger partial charge in [0.2, 0.25) is 0 Å². The highest BCUT2D eigenvalue weighted by Gasteiger charge is 2.23. The van der Waals surface area contributed by atoms with E-state index in [1.54, 1.807) is 26.8 Å². The largest absolute Gasteiger partial charge is 0.477 e. The van der Waals surface area contributed by atoms with Gasteiger partial charge >= 0.3 is 12.1 Å². The second kappa shape index (κ2) is 9.14. The van der Waals surface area contributed by atoms with Crippen molar-refractivity contribution in [3.05, 3.63) is 28.8 Å². The van der Waals surface area contributed by atoms with E-state index in [1.807, 2.05) is 6.07 Å². The minimum absolute atomic E-state index is 0.122. The first-order chi connectivity index (χ1) is 11.7. The summed E-state index contributed by atoms with van der Waals surface area (Å²) in [4.78, 5) is 23.5. The Balaban J connectivity index is 2.73. The second-order valence-corrected chi connectivity index (χ2v) is 6.54. The maximum atomic E-state index is 11.9. The molecule has 0 unspecified atom stereocenters. The summed E-state index contributed by atoms with van der Waals surface area (Å²) < 4.78 is 15.4. The van der Waals surface area contributed by atoms with Gasteiger partial charge in [-0.05, 0) is 32.9 Å². The Morgan fingerprint density at radius 1 is 1.36 bits per heavy atom. The van der Waals surface area contributed by atoms with Gasteiger partial charge in [0.15, 0.2) is 6.10 Å². The van der Waals surface area contributed by atoms with Gasteiger partial charge in [0.05, 0.1) is 12.7 Å². The smallest absolute Gasteiger partial charge is 0.407 e. The lowest BCUT2D eigenvalue weighted by Gasteiger charge is -2.21. The van der Waals surface area contributed by atoms with Gasteiger partial charge in [-0.3, -0.25) is 0 Å². The van der Waals surface area contributed by atoms with Gasteiger partial charge in [0.25, 0.3) is 0 Å². The van der Waals surface area contributed by atoms with Crippen LogP contribution in [0.5, 0.6) is 5.75 Å². The van der Waals surface area contributed by atoms with Crippen LogP contribution in [0.3, 0.4) is 0 Å². The molecule has 0 saturated heterocycles. The number of alkyl carbamates (subject to hydrolysis) is 1. The van der Waals surface area contributed by atoms with Crippen molar-refractivity contribution in [3.63, 3.8) is 0 Å². The Labute approximate surface area is 151 Å². The number of benzene rings is 1. The maximum absolute atomic E-state index is 11.9. The lowest BCUT2D eigenvalue weighted by Crippen LogP contribution is -2.37. The van der Waals surface area contributed by atoms with Gasteiger partial charge < -0.3 is 19.5 Å². The van der Waals surface area contributed by atoms with Crippen LogP contribution in [0.4, 0.5) is 4.79 Å². The van der Waals surface area contributed by atoms with Crippen molar-refractivity contribution in [3.8, 4) is 11.8 Å². The summed E-state index contributed by atoms with van der Waals surface area (Å²) in [7, 11) is 1.23. The average Bonchev–Trinajstić information content (AvgIpc) is 2.51. The first-order valence-corrected chi connectivity index (χ1v) is 7.95. The number of carbonyl (C=O) groups excluding carboxylic acids is 2. The molecule has 0 aromatic heterocycles. The van der Waals surface area contributed by atoms with E-state index in [0.29, 0.717) is 5.02 Å². The molecule has 0 radical (unpaired) electrons. The molecule has 1 aromatic rings. The molecule has 0 saturated carbocycles. The maximum Gasteiger partial charge on any atom is 0.407 e. The number of carbonyl (C=O) groups is 2. The summed E-state index contributed by atoms with van der Waals surface area (Å²) in [6.07, 6.45) is -1.48. The molecule has 7 nitrogen and oxygen atoms in total. The number of nitriles is 1. The second-order valence-electron chi connectivity index (χ2n) is 6.10. The summed E-state index contributed by atoms with van der Waals surface area (Å²) in [6.45, 7) is 5.36. The van der Waals surface area contributed by atoms with E-state index in [4.69, 9.17) is 31.1 Å². The highest BCUT2D eigenvalue weighted by Crippen LogP contribution is 2.24. The predicted octanol–water partition coefficient (Wildman–Crippen LogP) is 3.05. The molecule has 0 heterocycles. The van der Waals surface area contributed by atoms with E-state index in [-0.39, 0.29) is 24.3 Å². The zero-order valence-corrected chi connectivity index (χ0v) is 15.3. The molecule has 0 fully saturated rings. The topological polar surface area (TPSA) is 97.7 Å². The number of amides is 1. The zero-order chi connectivity index (χ0) is 19.0. The number of rotatable bonds is 6. The summed E-state index contributed by atoms with van der Waals surface area (Å²) in [6, 6.07) is 6.44. The van der Waals surface area contributed by atoms with Crippen molar-refractivity contribution in [2.24, 2.45) is 0 Å². The van der Waals surface area contributed by atoms with Crippen molar-refractivity contribution in [2.75, 3.05) is 13.7 Å². The van der Waals surface area contributed by atoms with Crippen molar-refractivity contribution < 1.29 is 23.8 Å². The number of hydrogen-bond donors (Lipinski definition) is 1. The average molecular weight is 369 g/mol. The van der Waals surface area contributed by atoms with E-state index >= 15 is 0 Å². The Morgan fingerprint density at radius 2 is 2.04 bits per heavy atom. The molecule has 1 amide bonds. The number of nitrogens with one attached hydrogen (secondary N) is 1. The molecule has 1 N–H and O–H groups in total. The predicted molar refractivity (Wildman–Crippen MR) is 91.5 cm³/mol. The summed E-state index contributed by atoms with van der Waals surface area (Å²) in [5.74, 6) is -0.461. The standard InChI is InChI=1S/C17H21ClN2O5/c1-17(2,3)25-16(22)20-8-7-13(15(21)23-4)24-14-9-12(18)6-5-11(14)10-19/h5-6,9,13H,7-8H2,1-4H3,(H,20,22)/t13-/m1/s1. The third-order valence-electron chi connectivity index (χ3n) is 2.87. The number of hydrogen-bond acceptors (Lipinski definition) is 6. The molecule has 0 aliphatic rings. The first kappa shape index (κ1) is 20.6. The normalized spacial score (nSPS) is 11.8. The highest BCUT2D eigenvalue weighted by molar-refractivity contribution is 6.30. The number of halogens is 1.